The lowest BCUT2D eigenvalue weighted by atomic mass is 10.1. The van der Waals surface area contributed by atoms with Gasteiger partial charge >= 0.3 is 0 Å². The first-order chi connectivity index (χ1) is 9.97. The van der Waals surface area contributed by atoms with Crippen molar-refractivity contribution in [1.29, 1.82) is 0 Å². The number of nitro benzene ring substituents is 1. The summed E-state index contributed by atoms with van der Waals surface area (Å²) in [5.74, 6) is -1.94. The van der Waals surface area contributed by atoms with Gasteiger partial charge in [-0.15, -0.1) is 0 Å². The fourth-order valence-electron chi connectivity index (χ4n) is 2.07. The van der Waals surface area contributed by atoms with E-state index in [1.165, 1.54) is 0 Å². The van der Waals surface area contributed by atoms with Gasteiger partial charge < -0.3 is 5.32 Å². The van der Waals surface area contributed by atoms with E-state index in [0.29, 0.717) is 18.6 Å². The molecule has 0 aliphatic carbocycles. The molecule has 0 fully saturated rings. The lowest BCUT2D eigenvalue weighted by Crippen LogP contribution is -2.20. The van der Waals surface area contributed by atoms with Crippen LogP contribution in [0, 0.1) is 21.7 Å². The summed E-state index contributed by atoms with van der Waals surface area (Å²) in [7, 11) is 0. The summed E-state index contributed by atoms with van der Waals surface area (Å²) >= 11 is 0. The maximum atomic E-state index is 13.8. The molecular weight excluding hydrogens is 278 g/mol. The third kappa shape index (κ3) is 3.75. The molecule has 0 heterocycles. The molecule has 21 heavy (non-hydrogen) atoms. The van der Waals surface area contributed by atoms with E-state index in [9.17, 15) is 18.9 Å². The zero-order valence-electron chi connectivity index (χ0n) is 11.3. The van der Waals surface area contributed by atoms with Crippen molar-refractivity contribution < 1.29 is 13.7 Å². The average molecular weight is 292 g/mol. The topological polar surface area (TPSA) is 55.2 Å². The lowest BCUT2D eigenvalue weighted by Gasteiger charge is -2.16. The molecule has 2 aromatic carbocycles. The van der Waals surface area contributed by atoms with Gasteiger partial charge in [0.1, 0.15) is 5.69 Å². The summed E-state index contributed by atoms with van der Waals surface area (Å²) in [6, 6.07) is 10.7. The predicted octanol–water partition coefficient (Wildman–Crippen LogP) is 3.92. The number of non-ortho nitro benzene ring substituents is 1. The number of benzene rings is 2. The number of nitrogens with one attached hydrogen (secondary N) is 1. The van der Waals surface area contributed by atoms with Crippen molar-refractivity contribution in [2.75, 3.05) is 5.32 Å². The Morgan fingerprint density at radius 2 is 1.76 bits per heavy atom. The molecule has 0 aliphatic rings. The quantitative estimate of drug-likeness (QED) is 0.671. The first-order valence-electron chi connectivity index (χ1n) is 6.41. The molecule has 1 atom stereocenters. The molecule has 6 heteroatoms. The Balaban J connectivity index is 2.14. The molecule has 2 rings (SSSR count). The highest BCUT2D eigenvalue weighted by Crippen LogP contribution is 2.25. The van der Waals surface area contributed by atoms with E-state index in [0.717, 1.165) is 5.56 Å². The van der Waals surface area contributed by atoms with Crippen molar-refractivity contribution >= 4 is 11.4 Å². The second kappa shape index (κ2) is 6.30. The fraction of sp³-hybridized carbons (Fsp3) is 0.200. The SMILES string of the molecule is CC(Cc1ccccc1)Nc1c(F)cc([N+](=O)[O-])cc1F. The normalized spacial score (nSPS) is 12.0. The molecule has 1 unspecified atom stereocenters. The van der Waals surface area contributed by atoms with Crippen molar-refractivity contribution in [3.05, 3.63) is 69.8 Å². The highest BCUT2D eigenvalue weighted by Gasteiger charge is 2.18. The molecule has 0 radical (unpaired) electrons. The largest absolute Gasteiger partial charge is 0.378 e. The van der Waals surface area contributed by atoms with Crippen LogP contribution in [-0.4, -0.2) is 11.0 Å². The predicted molar refractivity (Wildman–Crippen MR) is 76.2 cm³/mol. The zero-order chi connectivity index (χ0) is 15.4. The van der Waals surface area contributed by atoms with Crippen LogP contribution in [0.2, 0.25) is 0 Å². The Morgan fingerprint density at radius 3 is 2.29 bits per heavy atom. The van der Waals surface area contributed by atoms with Crippen LogP contribution >= 0.6 is 0 Å². The number of halogens is 2. The maximum absolute atomic E-state index is 13.8. The van der Waals surface area contributed by atoms with Crippen LogP contribution in [0.1, 0.15) is 12.5 Å². The van der Waals surface area contributed by atoms with Gasteiger partial charge in [-0.05, 0) is 18.9 Å². The van der Waals surface area contributed by atoms with Crippen molar-refractivity contribution in [2.45, 2.75) is 19.4 Å². The molecule has 2 aromatic rings. The highest BCUT2D eigenvalue weighted by molar-refractivity contribution is 5.52. The Kier molecular flexibility index (Phi) is 4.47. The molecule has 0 bridgehead atoms. The fourth-order valence-corrected chi connectivity index (χ4v) is 2.07. The van der Waals surface area contributed by atoms with Crippen LogP contribution in [0.3, 0.4) is 0 Å². The van der Waals surface area contributed by atoms with E-state index in [-0.39, 0.29) is 11.7 Å². The number of rotatable bonds is 5. The van der Waals surface area contributed by atoms with Crippen LogP contribution in [-0.2, 0) is 6.42 Å². The third-order valence-corrected chi connectivity index (χ3v) is 3.01. The molecule has 110 valence electrons. The van der Waals surface area contributed by atoms with Gasteiger partial charge in [0.05, 0.1) is 17.1 Å². The second-order valence-corrected chi connectivity index (χ2v) is 4.78. The van der Waals surface area contributed by atoms with Gasteiger partial charge in [-0.3, -0.25) is 10.1 Å². The van der Waals surface area contributed by atoms with Gasteiger partial charge in [0.25, 0.3) is 5.69 Å². The number of nitrogens with zero attached hydrogens (tertiary/aromatic N) is 1. The van der Waals surface area contributed by atoms with Crippen LogP contribution in [0.5, 0.6) is 0 Å². The summed E-state index contributed by atoms with van der Waals surface area (Å²) in [4.78, 5) is 9.70. The van der Waals surface area contributed by atoms with Gasteiger partial charge in [-0.25, -0.2) is 8.78 Å². The first-order valence-corrected chi connectivity index (χ1v) is 6.41. The summed E-state index contributed by atoms with van der Waals surface area (Å²) < 4.78 is 27.5. The Bertz CT molecular complexity index is 624. The minimum Gasteiger partial charge on any atom is -0.378 e. The second-order valence-electron chi connectivity index (χ2n) is 4.78. The molecule has 4 nitrogen and oxygen atoms in total. The molecule has 0 saturated heterocycles. The van der Waals surface area contributed by atoms with Gasteiger partial charge in [-0.1, -0.05) is 30.3 Å². The Hall–Kier alpha value is -2.50. The number of hydrogen-bond acceptors (Lipinski definition) is 3. The molecule has 0 aliphatic heterocycles. The van der Waals surface area contributed by atoms with Crippen LogP contribution < -0.4 is 5.32 Å². The van der Waals surface area contributed by atoms with Crippen molar-refractivity contribution in [3.63, 3.8) is 0 Å². The Labute approximate surface area is 120 Å². The number of hydrogen-bond donors (Lipinski definition) is 1. The minimum absolute atomic E-state index is 0.224. The number of anilines is 1. The van der Waals surface area contributed by atoms with Crippen LogP contribution in [0.4, 0.5) is 20.2 Å². The molecular formula is C15H14F2N2O2. The van der Waals surface area contributed by atoms with E-state index in [1.54, 1.807) is 6.92 Å². The highest BCUT2D eigenvalue weighted by atomic mass is 19.1. The van der Waals surface area contributed by atoms with Crippen LogP contribution in [0.15, 0.2) is 42.5 Å². The Morgan fingerprint density at radius 1 is 1.19 bits per heavy atom. The van der Waals surface area contributed by atoms with Crippen molar-refractivity contribution in [1.82, 2.24) is 0 Å². The summed E-state index contributed by atoms with van der Waals surface area (Å²) in [5, 5.41) is 13.3. The summed E-state index contributed by atoms with van der Waals surface area (Å²) in [6.45, 7) is 1.79. The van der Waals surface area contributed by atoms with Crippen molar-refractivity contribution in [3.8, 4) is 0 Å². The smallest absolute Gasteiger partial charge is 0.275 e. The van der Waals surface area contributed by atoms with Crippen LogP contribution in [0.25, 0.3) is 0 Å². The van der Waals surface area contributed by atoms with E-state index in [1.807, 2.05) is 30.3 Å². The lowest BCUT2D eigenvalue weighted by molar-refractivity contribution is -0.385. The van der Waals surface area contributed by atoms with E-state index >= 15 is 0 Å². The van der Waals surface area contributed by atoms with E-state index in [4.69, 9.17) is 0 Å². The van der Waals surface area contributed by atoms with E-state index in [2.05, 4.69) is 5.32 Å². The molecule has 0 aromatic heterocycles. The third-order valence-electron chi connectivity index (χ3n) is 3.01. The zero-order valence-corrected chi connectivity index (χ0v) is 11.3. The molecule has 1 N–H and O–H groups in total. The van der Waals surface area contributed by atoms with Crippen molar-refractivity contribution in [2.24, 2.45) is 0 Å². The van der Waals surface area contributed by atoms with Gasteiger partial charge in [-0.2, -0.15) is 0 Å². The molecule has 0 saturated carbocycles. The standard InChI is InChI=1S/C15H14F2N2O2/c1-10(7-11-5-3-2-4-6-11)18-15-13(16)8-12(19(20)21)9-14(15)17/h2-6,8-10,18H,7H2,1H3. The van der Waals surface area contributed by atoms with Gasteiger partial charge in [0.2, 0.25) is 0 Å². The minimum atomic E-state index is -0.971. The number of nitro groups is 1. The van der Waals surface area contributed by atoms with Gasteiger partial charge in [0.15, 0.2) is 11.6 Å². The summed E-state index contributed by atoms with van der Waals surface area (Å²) in [6.07, 6.45) is 0.580. The van der Waals surface area contributed by atoms with Gasteiger partial charge in [0, 0.05) is 6.04 Å². The monoisotopic (exact) mass is 292 g/mol. The molecule has 0 amide bonds. The molecule has 0 spiro atoms. The first kappa shape index (κ1) is 14.9. The summed E-state index contributed by atoms with van der Waals surface area (Å²) in [5.41, 5.74) is 0.0792. The van der Waals surface area contributed by atoms with E-state index < -0.39 is 22.2 Å². The maximum Gasteiger partial charge on any atom is 0.275 e. The average Bonchev–Trinajstić information content (AvgIpc) is 2.43.